The smallest absolute Gasteiger partial charge is 0.378 e. The molecule has 2 heterocycles. The molecule has 8 nitrogen and oxygen atoms in total. The number of rotatable bonds is 6. The van der Waals surface area contributed by atoms with Crippen LogP contribution in [0, 0.1) is 0 Å². The quantitative estimate of drug-likeness (QED) is 0.332. The molecule has 0 bridgehead atoms. The topological polar surface area (TPSA) is 92.5 Å². The van der Waals surface area contributed by atoms with E-state index >= 15 is 0 Å². The molecule has 1 aliphatic heterocycles. The van der Waals surface area contributed by atoms with Crippen molar-refractivity contribution in [1.82, 2.24) is 14.8 Å². The Hall–Kier alpha value is -4.46. The number of benzene rings is 3. The van der Waals surface area contributed by atoms with Crippen LogP contribution in [0.3, 0.4) is 0 Å². The van der Waals surface area contributed by atoms with Crippen LogP contribution in [-0.4, -0.2) is 46.3 Å². The predicted molar refractivity (Wildman–Crippen MR) is 119 cm³/mol. The van der Waals surface area contributed by atoms with Crippen LogP contribution < -0.4 is 9.47 Å². The van der Waals surface area contributed by atoms with Crippen molar-refractivity contribution in [2.45, 2.75) is 0 Å². The van der Waals surface area contributed by atoms with Crippen LogP contribution in [0.4, 0.5) is 0 Å². The van der Waals surface area contributed by atoms with Crippen LogP contribution in [0.15, 0.2) is 78.9 Å². The van der Waals surface area contributed by atoms with Crippen LogP contribution >= 0.6 is 0 Å². The molecular weight excluding hydrogens is 422 g/mol. The van der Waals surface area contributed by atoms with E-state index in [1.807, 2.05) is 60.7 Å². The fourth-order valence-electron chi connectivity index (χ4n) is 3.42. The van der Waals surface area contributed by atoms with Gasteiger partial charge in [0, 0.05) is 11.1 Å². The molecule has 0 N–H and O–H groups in total. The van der Waals surface area contributed by atoms with Gasteiger partial charge in [-0.15, -0.1) is 5.10 Å². The number of esters is 1. The first-order valence-corrected chi connectivity index (χ1v) is 10.4. The van der Waals surface area contributed by atoms with E-state index < -0.39 is 12.6 Å². The lowest BCUT2D eigenvalue weighted by Crippen LogP contribution is -2.18. The SMILES string of the molecule is O=C(COC(=O)c1nc(-c2ccccc2)n(-c2ccccc2)n1)c1ccc2c(c1)OCCO2. The lowest BCUT2D eigenvalue weighted by atomic mass is 10.1. The molecule has 0 spiro atoms. The highest BCUT2D eigenvalue weighted by molar-refractivity contribution is 5.99. The number of Topliss-reactive ketones (excluding diaryl/α,β-unsaturated/α-hetero) is 1. The van der Waals surface area contributed by atoms with E-state index in [1.165, 1.54) is 0 Å². The van der Waals surface area contributed by atoms with E-state index in [0.717, 1.165) is 11.3 Å². The van der Waals surface area contributed by atoms with Gasteiger partial charge in [0.2, 0.25) is 0 Å². The van der Waals surface area contributed by atoms with Gasteiger partial charge in [0.1, 0.15) is 13.2 Å². The molecule has 3 aromatic carbocycles. The molecule has 0 radical (unpaired) electrons. The van der Waals surface area contributed by atoms with Gasteiger partial charge in [0.05, 0.1) is 5.69 Å². The molecule has 0 atom stereocenters. The summed E-state index contributed by atoms with van der Waals surface area (Å²) < 4.78 is 17.8. The van der Waals surface area contributed by atoms with Gasteiger partial charge in [-0.3, -0.25) is 4.79 Å². The molecule has 1 aliphatic rings. The minimum atomic E-state index is -0.784. The monoisotopic (exact) mass is 441 g/mol. The van der Waals surface area contributed by atoms with Crippen molar-refractivity contribution in [1.29, 1.82) is 0 Å². The minimum Gasteiger partial charge on any atom is -0.486 e. The first kappa shape index (κ1) is 20.4. The molecule has 0 saturated heterocycles. The molecule has 5 rings (SSSR count). The van der Waals surface area contributed by atoms with Gasteiger partial charge in [0.25, 0.3) is 5.82 Å². The van der Waals surface area contributed by atoms with Crippen LogP contribution in [0.5, 0.6) is 11.5 Å². The van der Waals surface area contributed by atoms with Crippen molar-refractivity contribution < 1.29 is 23.8 Å². The van der Waals surface area contributed by atoms with Gasteiger partial charge < -0.3 is 14.2 Å². The molecule has 0 amide bonds. The largest absolute Gasteiger partial charge is 0.486 e. The van der Waals surface area contributed by atoms with Crippen molar-refractivity contribution in [3.63, 3.8) is 0 Å². The molecule has 1 aromatic heterocycles. The number of para-hydroxylation sites is 1. The summed E-state index contributed by atoms with van der Waals surface area (Å²) >= 11 is 0. The Bertz CT molecular complexity index is 1250. The second-order valence-corrected chi connectivity index (χ2v) is 7.23. The molecular formula is C25H19N3O5. The van der Waals surface area contributed by atoms with Gasteiger partial charge in [0.15, 0.2) is 29.7 Å². The van der Waals surface area contributed by atoms with Gasteiger partial charge in [-0.1, -0.05) is 48.5 Å². The molecule has 0 unspecified atom stereocenters. The third-order valence-electron chi connectivity index (χ3n) is 5.02. The Balaban J connectivity index is 1.35. The molecule has 0 saturated carbocycles. The van der Waals surface area contributed by atoms with E-state index in [0.29, 0.717) is 36.1 Å². The number of carbonyl (C=O) groups excluding carboxylic acids is 2. The fraction of sp³-hybridized carbons (Fsp3) is 0.120. The average molecular weight is 441 g/mol. The second-order valence-electron chi connectivity index (χ2n) is 7.23. The molecule has 4 aromatic rings. The first-order valence-electron chi connectivity index (χ1n) is 10.4. The zero-order valence-corrected chi connectivity index (χ0v) is 17.5. The van der Waals surface area contributed by atoms with Crippen molar-refractivity contribution in [3.8, 4) is 28.6 Å². The highest BCUT2D eigenvalue weighted by atomic mass is 16.6. The second kappa shape index (κ2) is 8.96. The Labute approximate surface area is 189 Å². The Morgan fingerprint density at radius 3 is 2.33 bits per heavy atom. The normalized spacial score (nSPS) is 12.2. The third-order valence-corrected chi connectivity index (χ3v) is 5.02. The van der Waals surface area contributed by atoms with E-state index in [9.17, 15) is 9.59 Å². The summed E-state index contributed by atoms with van der Waals surface area (Å²) in [6, 6.07) is 23.6. The van der Waals surface area contributed by atoms with Gasteiger partial charge in [-0.05, 0) is 30.3 Å². The van der Waals surface area contributed by atoms with E-state index in [4.69, 9.17) is 14.2 Å². The van der Waals surface area contributed by atoms with Crippen molar-refractivity contribution in [2.75, 3.05) is 19.8 Å². The number of ether oxygens (including phenoxy) is 3. The summed E-state index contributed by atoms with van der Waals surface area (Å²) in [6.07, 6.45) is 0. The molecule has 8 heteroatoms. The average Bonchev–Trinajstić information content (AvgIpc) is 3.33. The molecule has 33 heavy (non-hydrogen) atoms. The molecule has 164 valence electrons. The number of hydrogen-bond acceptors (Lipinski definition) is 7. The summed E-state index contributed by atoms with van der Waals surface area (Å²) in [4.78, 5) is 29.6. The lowest BCUT2D eigenvalue weighted by Gasteiger charge is -2.18. The summed E-state index contributed by atoms with van der Waals surface area (Å²) in [7, 11) is 0. The predicted octanol–water partition coefficient (Wildman–Crippen LogP) is 3.75. The van der Waals surface area contributed by atoms with Gasteiger partial charge in [-0.2, -0.15) is 0 Å². The number of carbonyl (C=O) groups is 2. The third kappa shape index (κ3) is 4.31. The highest BCUT2D eigenvalue weighted by Crippen LogP contribution is 2.31. The number of ketones is 1. The van der Waals surface area contributed by atoms with Crippen LogP contribution in [0.2, 0.25) is 0 Å². The Kier molecular flexibility index (Phi) is 5.55. The zero-order chi connectivity index (χ0) is 22.6. The number of aromatic nitrogens is 3. The van der Waals surface area contributed by atoms with E-state index in [2.05, 4.69) is 10.1 Å². The number of nitrogens with zero attached hydrogens (tertiary/aromatic N) is 3. The standard InChI is InChI=1S/C25H19N3O5/c29-20(18-11-12-21-22(15-18)32-14-13-31-21)16-33-25(30)23-26-24(17-7-3-1-4-8-17)28(27-23)19-9-5-2-6-10-19/h1-12,15H,13-14,16H2. The maximum Gasteiger partial charge on any atom is 0.378 e. The number of hydrogen-bond donors (Lipinski definition) is 0. The van der Waals surface area contributed by atoms with Crippen LogP contribution in [0.25, 0.3) is 17.1 Å². The van der Waals surface area contributed by atoms with Crippen molar-refractivity contribution in [3.05, 3.63) is 90.3 Å². The lowest BCUT2D eigenvalue weighted by molar-refractivity contribution is 0.0462. The summed E-state index contributed by atoms with van der Waals surface area (Å²) in [6.45, 7) is 0.434. The maximum absolute atomic E-state index is 12.7. The van der Waals surface area contributed by atoms with Crippen molar-refractivity contribution >= 4 is 11.8 Å². The van der Waals surface area contributed by atoms with Gasteiger partial charge in [-0.25, -0.2) is 14.5 Å². The Morgan fingerprint density at radius 1 is 0.879 bits per heavy atom. The zero-order valence-electron chi connectivity index (χ0n) is 17.5. The van der Waals surface area contributed by atoms with E-state index in [1.54, 1.807) is 22.9 Å². The fourth-order valence-corrected chi connectivity index (χ4v) is 3.42. The minimum absolute atomic E-state index is 0.132. The van der Waals surface area contributed by atoms with E-state index in [-0.39, 0.29) is 11.6 Å². The number of fused-ring (bicyclic) bond motifs is 1. The summed E-state index contributed by atoms with van der Waals surface area (Å²) in [5, 5.41) is 4.35. The summed E-state index contributed by atoms with van der Waals surface area (Å²) in [5.41, 5.74) is 1.90. The molecule has 0 aliphatic carbocycles. The summed E-state index contributed by atoms with van der Waals surface area (Å²) in [5.74, 6) is 0.284. The highest BCUT2D eigenvalue weighted by Gasteiger charge is 2.22. The maximum atomic E-state index is 12.7. The van der Waals surface area contributed by atoms with Gasteiger partial charge >= 0.3 is 5.97 Å². The van der Waals surface area contributed by atoms with Crippen molar-refractivity contribution in [2.24, 2.45) is 0 Å². The Morgan fingerprint density at radius 2 is 1.58 bits per heavy atom. The molecule has 0 fully saturated rings. The van der Waals surface area contributed by atoms with Crippen LogP contribution in [-0.2, 0) is 4.74 Å². The van der Waals surface area contributed by atoms with Crippen LogP contribution in [0.1, 0.15) is 21.0 Å². The first-order chi connectivity index (χ1) is 16.2.